The Labute approximate surface area is 222 Å². The zero-order valence-corrected chi connectivity index (χ0v) is 21.2. The molecule has 2 aliphatic carbocycles. The minimum absolute atomic E-state index is 0.00756. The number of hydrogen-bond acceptors (Lipinski definition) is 4. The first-order valence-electron chi connectivity index (χ1n) is 13.2. The van der Waals surface area contributed by atoms with Crippen LogP contribution in [0.3, 0.4) is 0 Å². The first-order valence-corrected chi connectivity index (χ1v) is 13.2. The number of alkyl carbamates (subject to hydrolysis) is 1. The third-order valence-electron chi connectivity index (χ3n) is 7.57. The summed E-state index contributed by atoms with van der Waals surface area (Å²) in [6.45, 7) is 0.771. The Morgan fingerprint density at radius 3 is 2.16 bits per heavy atom. The molecular formula is C31H32N2O5. The molecule has 5 rings (SSSR count). The monoisotopic (exact) mass is 512 g/mol. The number of carbonyl (C=O) groups excluding carboxylic acids is 2. The van der Waals surface area contributed by atoms with Gasteiger partial charge < -0.3 is 20.1 Å². The minimum atomic E-state index is -0.933. The molecule has 3 aromatic carbocycles. The van der Waals surface area contributed by atoms with E-state index in [0.717, 1.165) is 16.7 Å². The molecule has 196 valence electrons. The van der Waals surface area contributed by atoms with Crippen molar-refractivity contribution in [1.82, 2.24) is 10.2 Å². The van der Waals surface area contributed by atoms with Crippen LogP contribution in [0.1, 0.15) is 48.3 Å². The Bertz CT molecular complexity index is 1260. The number of aliphatic carboxylic acids is 1. The molecule has 38 heavy (non-hydrogen) atoms. The van der Waals surface area contributed by atoms with Crippen LogP contribution in [0.25, 0.3) is 11.1 Å². The van der Waals surface area contributed by atoms with Gasteiger partial charge in [0.1, 0.15) is 6.61 Å². The minimum Gasteiger partial charge on any atom is -0.481 e. The van der Waals surface area contributed by atoms with Crippen molar-refractivity contribution in [1.29, 1.82) is 0 Å². The van der Waals surface area contributed by atoms with Crippen molar-refractivity contribution in [2.45, 2.75) is 44.2 Å². The zero-order chi connectivity index (χ0) is 26.5. The van der Waals surface area contributed by atoms with Crippen LogP contribution in [-0.4, -0.2) is 47.2 Å². The van der Waals surface area contributed by atoms with Gasteiger partial charge in [-0.2, -0.15) is 0 Å². The van der Waals surface area contributed by atoms with E-state index in [1.807, 2.05) is 54.6 Å². The molecule has 0 radical (unpaired) electrons. The van der Waals surface area contributed by atoms with Crippen LogP contribution in [-0.2, 0) is 20.9 Å². The van der Waals surface area contributed by atoms with Crippen LogP contribution in [0.5, 0.6) is 0 Å². The number of carboxylic acids is 1. The van der Waals surface area contributed by atoms with E-state index in [9.17, 15) is 14.4 Å². The predicted molar refractivity (Wildman–Crippen MR) is 143 cm³/mol. The van der Waals surface area contributed by atoms with E-state index in [2.05, 4.69) is 29.6 Å². The van der Waals surface area contributed by atoms with E-state index in [0.29, 0.717) is 25.8 Å². The van der Waals surface area contributed by atoms with Crippen LogP contribution >= 0.6 is 0 Å². The fraction of sp³-hybridized carbons (Fsp3) is 0.323. The van der Waals surface area contributed by atoms with E-state index in [1.165, 1.54) is 11.1 Å². The lowest BCUT2D eigenvalue weighted by Gasteiger charge is -2.25. The first kappa shape index (κ1) is 25.5. The average molecular weight is 513 g/mol. The Hall–Kier alpha value is -4.13. The van der Waals surface area contributed by atoms with Gasteiger partial charge in [-0.05, 0) is 47.1 Å². The van der Waals surface area contributed by atoms with E-state index in [1.54, 1.807) is 4.90 Å². The van der Waals surface area contributed by atoms with Gasteiger partial charge in [0.25, 0.3) is 0 Å². The molecule has 7 heteroatoms. The molecule has 0 bridgehead atoms. The van der Waals surface area contributed by atoms with E-state index < -0.39 is 12.1 Å². The van der Waals surface area contributed by atoms with Crippen LogP contribution < -0.4 is 5.32 Å². The van der Waals surface area contributed by atoms with E-state index in [4.69, 9.17) is 9.84 Å². The van der Waals surface area contributed by atoms with Gasteiger partial charge in [0.2, 0.25) is 5.91 Å². The number of nitrogens with one attached hydrogen (secondary N) is 1. The van der Waals surface area contributed by atoms with Gasteiger partial charge >= 0.3 is 12.1 Å². The lowest BCUT2D eigenvalue weighted by Crippen LogP contribution is -2.38. The van der Waals surface area contributed by atoms with E-state index >= 15 is 0 Å². The van der Waals surface area contributed by atoms with Crippen molar-refractivity contribution in [2.75, 3.05) is 13.2 Å². The van der Waals surface area contributed by atoms with Crippen molar-refractivity contribution >= 4 is 18.0 Å². The first-order chi connectivity index (χ1) is 18.5. The van der Waals surface area contributed by atoms with Gasteiger partial charge in [-0.15, -0.1) is 0 Å². The standard InChI is InChI=1S/C31H32N2O5/c34-29(35)16-17-33(19-21-8-2-1-3-9-21)30(36)22-14-15-23(18-22)32-31(37)38-20-28-26-12-6-4-10-24(26)25-11-5-7-13-27(25)28/h1-13,22-23,28H,14-20H2,(H,32,37)(H,34,35)/t22-,23+/m1/s1. The van der Waals surface area contributed by atoms with Crippen LogP contribution in [0, 0.1) is 5.92 Å². The summed E-state index contributed by atoms with van der Waals surface area (Å²) in [5.41, 5.74) is 5.63. The molecule has 0 heterocycles. The maximum atomic E-state index is 13.3. The second-order valence-corrected chi connectivity index (χ2v) is 10.1. The van der Waals surface area contributed by atoms with Crippen molar-refractivity contribution in [2.24, 2.45) is 5.92 Å². The summed E-state index contributed by atoms with van der Waals surface area (Å²) in [6.07, 6.45) is 1.26. The summed E-state index contributed by atoms with van der Waals surface area (Å²) in [5.74, 6) is -1.26. The predicted octanol–water partition coefficient (Wildman–Crippen LogP) is 5.20. The molecule has 2 atom stereocenters. The van der Waals surface area contributed by atoms with E-state index in [-0.39, 0.29) is 43.4 Å². The Balaban J connectivity index is 1.16. The molecule has 0 saturated heterocycles. The second kappa shape index (κ2) is 11.5. The summed E-state index contributed by atoms with van der Waals surface area (Å²) >= 11 is 0. The SMILES string of the molecule is O=C(O)CCN(Cc1ccccc1)C(=O)[C@@H]1CC[C@H](NC(=O)OCC2c3ccccc3-c3ccccc32)C1. The molecule has 1 fully saturated rings. The van der Waals surface area contributed by atoms with Gasteiger partial charge in [0, 0.05) is 31.0 Å². The summed E-state index contributed by atoms with van der Waals surface area (Å²) in [6, 6.07) is 25.8. The maximum absolute atomic E-state index is 13.3. The van der Waals surface area contributed by atoms with Gasteiger partial charge in [0.15, 0.2) is 0 Å². The highest BCUT2D eigenvalue weighted by Gasteiger charge is 2.34. The topological polar surface area (TPSA) is 95.9 Å². The molecule has 2 N–H and O–H groups in total. The van der Waals surface area contributed by atoms with Gasteiger partial charge in [-0.1, -0.05) is 78.9 Å². The van der Waals surface area contributed by atoms with Crippen LogP contribution in [0.4, 0.5) is 4.79 Å². The molecule has 2 amide bonds. The molecule has 2 aliphatic rings. The third-order valence-corrected chi connectivity index (χ3v) is 7.57. The number of ether oxygens (including phenoxy) is 1. The zero-order valence-electron chi connectivity index (χ0n) is 21.2. The number of fused-ring (bicyclic) bond motifs is 3. The summed E-state index contributed by atoms with van der Waals surface area (Å²) in [4.78, 5) is 38.8. The lowest BCUT2D eigenvalue weighted by atomic mass is 9.98. The Morgan fingerprint density at radius 2 is 1.50 bits per heavy atom. The average Bonchev–Trinajstić information content (AvgIpc) is 3.52. The van der Waals surface area contributed by atoms with Crippen LogP contribution in [0.15, 0.2) is 78.9 Å². The van der Waals surface area contributed by atoms with Crippen molar-refractivity contribution in [3.05, 3.63) is 95.6 Å². The quantitative estimate of drug-likeness (QED) is 0.411. The number of rotatable bonds is 9. The molecule has 7 nitrogen and oxygen atoms in total. The van der Waals surface area contributed by atoms with Gasteiger partial charge in [-0.25, -0.2) is 4.79 Å². The highest BCUT2D eigenvalue weighted by atomic mass is 16.5. The molecule has 3 aromatic rings. The molecular weight excluding hydrogens is 480 g/mol. The van der Waals surface area contributed by atoms with Crippen molar-refractivity contribution in [3.63, 3.8) is 0 Å². The number of hydrogen-bond donors (Lipinski definition) is 2. The number of carboxylic acid groups (broad SMARTS) is 1. The number of amides is 2. The molecule has 1 saturated carbocycles. The lowest BCUT2D eigenvalue weighted by molar-refractivity contribution is -0.140. The highest BCUT2D eigenvalue weighted by molar-refractivity contribution is 5.80. The number of carbonyl (C=O) groups is 3. The Morgan fingerprint density at radius 1 is 0.868 bits per heavy atom. The second-order valence-electron chi connectivity index (χ2n) is 10.1. The molecule has 0 aromatic heterocycles. The molecule has 0 spiro atoms. The van der Waals surface area contributed by atoms with Crippen molar-refractivity contribution in [3.8, 4) is 11.1 Å². The van der Waals surface area contributed by atoms with Crippen LogP contribution in [0.2, 0.25) is 0 Å². The van der Waals surface area contributed by atoms with Crippen molar-refractivity contribution < 1.29 is 24.2 Å². The fourth-order valence-corrected chi connectivity index (χ4v) is 5.70. The van der Waals surface area contributed by atoms with Gasteiger partial charge in [-0.3, -0.25) is 9.59 Å². The van der Waals surface area contributed by atoms with Gasteiger partial charge in [0.05, 0.1) is 6.42 Å². The molecule has 0 unspecified atom stereocenters. The summed E-state index contributed by atoms with van der Waals surface area (Å²) in [5, 5.41) is 12.1. The summed E-state index contributed by atoms with van der Waals surface area (Å²) in [7, 11) is 0. The fourth-order valence-electron chi connectivity index (χ4n) is 5.70. The third kappa shape index (κ3) is 5.72. The smallest absolute Gasteiger partial charge is 0.407 e. The normalized spacial score (nSPS) is 17.9. The number of nitrogens with zero attached hydrogens (tertiary/aromatic N) is 1. The maximum Gasteiger partial charge on any atom is 0.407 e. The molecule has 0 aliphatic heterocycles. The highest BCUT2D eigenvalue weighted by Crippen LogP contribution is 2.44. The number of benzene rings is 3. The Kier molecular flexibility index (Phi) is 7.73. The largest absolute Gasteiger partial charge is 0.481 e. The summed E-state index contributed by atoms with van der Waals surface area (Å²) < 4.78 is 5.68.